The maximum atomic E-state index is 11.3. The summed E-state index contributed by atoms with van der Waals surface area (Å²) in [6.07, 6.45) is 7.81. The number of nitrogens with zero attached hydrogens (tertiary/aromatic N) is 1. The molecule has 1 rings (SSSR count). The first-order chi connectivity index (χ1) is 8.57. The van der Waals surface area contributed by atoms with Gasteiger partial charge >= 0.3 is 5.97 Å². The van der Waals surface area contributed by atoms with Gasteiger partial charge in [-0.25, -0.2) is 4.79 Å². The van der Waals surface area contributed by atoms with Gasteiger partial charge in [-0.1, -0.05) is 18.2 Å². The second-order valence-electron chi connectivity index (χ2n) is 3.64. The highest BCUT2D eigenvalue weighted by molar-refractivity contribution is 5.92. The lowest BCUT2D eigenvalue weighted by molar-refractivity contribution is -0.179. The highest BCUT2D eigenvalue weighted by atomic mass is 16.6. The van der Waals surface area contributed by atoms with E-state index in [-0.39, 0.29) is 5.57 Å². The van der Waals surface area contributed by atoms with E-state index in [1.807, 2.05) is 0 Å². The molecule has 0 aromatic rings. The van der Waals surface area contributed by atoms with Gasteiger partial charge in [0.25, 0.3) is 0 Å². The molecule has 2 unspecified atom stereocenters. The molecule has 1 N–H and O–H groups in total. The van der Waals surface area contributed by atoms with E-state index in [2.05, 4.69) is 4.74 Å². The van der Waals surface area contributed by atoms with E-state index in [0.717, 1.165) is 0 Å². The minimum Gasteiger partial charge on any atom is -0.465 e. The van der Waals surface area contributed by atoms with Gasteiger partial charge in [-0.05, 0) is 19.1 Å². The van der Waals surface area contributed by atoms with E-state index in [9.17, 15) is 9.90 Å². The van der Waals surface area contributed by atoms with Crippen LogP contribution in [0, 0.1) is 17.2 Å². The molecule has 0 heterocycles. The van der Waals surface area contributed by atoms with Gasteiger partial charge in [-0.15, -0.1) is 0 Å². The Balaban J connectivity index is 3.03. The van der Waals surface area contributed by atoms with Gasteiger partial charge in [0.1, 0.15) is 11.6 Å². The van der Waals surface area contributed by atoms with Crippen molar-refractivity contribution in [1.29, 1.82) is 5.26 Å². The van der Waals surface area contributed by atoms with Crippen LogP contribution in [0.5, 0.6) is 0 Å². The molecule has 5 nitrogen and oxygen atoms in total. The summed E-state index contributed by atoms with van der Waals surface area (Å²) in [4.78, 5) is 11.3. The predicted molar refractivity (Wildman–Crippen MR) is 64.1 cm³/mol. The lowest BCUT2D eigenvalue weighted by Gasteiger charge is -2.31. The third-order valence-corrected chi connectivity index (χ3v) is 2.49. The molecule has 1 aliphatic rings. The molecule has 0 spiro atoms. The highest BCUT2D eigenvalue weighted by Gasteiger charge is 2.34. The largest absolute Gasteiger partial charge is 0.465 e. The number of aliphatic hydroxyl groups is 1. The van der Waals surface area contributed by atoms with Gasteiger partial charge in [0.15, 0.2) is 5.79 Å². The number of allylic oxidation sites excluding steroid dienone is 2. The summed E-state index contributed by atoms with van der Waals surface area (Å²) in [7, 11) is 1.19. The Hall–Kier alpha value is -1.90. The number of methoxy groups -OCH3 is 1. The molecule has 0 saturated carbocycles. The summed E-state index contributed by atoms with van der Waals surface area (Å²) in [5.41, 5.74) is -0.166. The zero-order valence-corrected chi connectivity index (χ0v) is 10.3. The second kappa shape index (κ2) is 6.15. The summed E-state index contributed by atoms with van der Waals surface area (Å²) in [6, 6.07) is 1.74. The zero-order chi connectivity index (χ0) is 13.6. The average molecular weight is 249 g/mol. The van der Waals surface area contributed by atoms with Gasteiger partial charge in [0.2, 0.25) is 0 Å². The Morgan fingerprint density at radius 2 is 2.33 bits per heavy atom. The molecule has 18 heavy (non-hydrogen) atoms. The Kier molecular flexibility index (Phi) is 4.84. The predicted octanol–water partition coefficient (Wildman–Crippen LogP) is 1.08. The van der Waals surface area contributed by atoms with Crippen LogP contribution in [-0.4, -0.2) is 30.6 Å². The number of carbonyl (C=O) groups excluding carboxylic acids is 1. The first kappa shape index (κ1) is 14.2. The SMILES string of the molecule is CCOC1(O)C=CC=CC1C=C(C#N)C(=O)OC. The van der Waals surface area contributed by atoms with Crippen LogP contribution in [0.4, 0.5) is 0 Å². The molecule has 0 aromatic heterocycles. The van der Waals surface area contributed by atoms with Crippen molar-refractivity contribution < 1.29 is 19.4 Å². The molecule has 0 fully saturated rings. The summed E-state index contributed by atoms with van der Waals surface area (Å²) in [6.45, 7) is 2.05. The molecule has 5 heteroatoms. The quantitative estimate of drug-likeness (QED) is 0.349. The standard InChI is InChI=1S/C13H15NO4/c1-3-18-13(16)7-5-4-6-11(13)8-10(9-14)12(15)17-2/h4-8,11,16H,3H2,1-2H3. The number of hydrogen-bond acceptors (Lipinski definition) is 5. The number of esters is 1. The first-order valence-electron chi connectivity index (χ1n) is 5.50. The molecular formula is C13H15NO4. The monoisotopic (exact) mass is 249 g/mol. The van der Waals surface area contributed by atoms with Crippen LogP contribution in [0.25, 0.3) is 0 Å². The van der Waals surface area contributed by atoms with Gasteiger partial charge < -0.3 is 14.6 Å². The van der Waals surface area contributed by atoms with Gasteiger partial charge in [-0.2, -0.15) is 5.26 Å². The molecule has 0 radical (unpaired) electrons. The fraction of sp³-hybridized carbons (Fsp3) is 0.385. The van der Waals surface area contributed by atoms with Crippen molar-refractivity contribution in [1.82, 2.24) is 0 Å². The van der Waals surface area contributed by atoms with E-state index in [1.54, 1.807) is 31.2 Å². The fourth-order valence-electron chi connectivity index (χ4n) is 1.62. The van der Waals surface area contributed by atoms with Crippen LogP contribution in [0.1, 0.15) is 6.92 Å². The van der Waals surface area contributed by atoms with Crippen LogP contribution in [0.3, 0.4) is 0 Å². The number of ether oxygens (including phenoxy) is 2. The minimum absolute atomic E-state index is 0.166. The van der Waals surface area contributed by atoms with Crippen molar-refractivity contribution in [2.24, 2.45) is 5.92 Å². The molecular weight excluding hydrogens is 234 g/mol. The van der Waals surface area contributed by atoms with Gasteiger partial charge in [0, 0.05) is 6.61 Å². The Morgan fingerprint density at radius 1 is 1.61 bits per heavy atom. The van der Waals surface area contributed by atoms with Crippen molar-refractivity contribution in [3.63, 3.8) is 0 Å². The number of nitriles is 1. The average Bonchev–Trinajstić information content (AvgIpc) is 2.37. The summed E-state index contributed by atoms with van der Waals surface area (Å²) in [5, 5.41) is 19.1. The van der Waals surface area contributed by atoms with E-state index in [4.69, 9.17) is 10.00 Å². The molecule has 0 amide bonds. The minimum atomic E-state index is -1.54. The Morgan fingerprint density at radius 3 is 2.89 bits per heavy atom. The molecule has 0 bridgehead atoms. The maximum absolute atomic E-state index is 11.3. The van der Waals surface area contributed by atoms with Crippen LogP contribution >= 0.6 is 0 Å². The van der Waals surface area contributed by atoms with Gasteiger partial charge in [0.05, 0.1) is 13.0 Å². The zero-order valence-electron chi connectivity index (χ0n) is 10.3. The second-order valence-corrected chi connectivity index (χ2v) is 3.64. The summed E-state index contributed by atoms with van der Waals surface area (Å²) in [5.74, 6) is -2.89. The number of hydrogen-bond donors (Lipinski definition) is 1. The van der Waals surface area contributed by atoms with Crippen LogP contribution in [-0.2, 0) is 14.3 Å². The smallest absolute Gasteiger partial charge is 0.348 e. The van der Waals surface area contributed by atoms with E-state index in [1.165, 1.54) is 19.3 Å². The fourth-order valence-corrected chi connectivity index (χ4v) is 1.62. The van der Waals surface area contributed by atoms with E-state index < -0.39 is 17.7 Å². The van der Waals surface area contributed by atoms with Gasteiger partial charge in [-0.3, -0.25) is 0 Å². The lowest BCUT2D eigenvalue weighted by atomic mass is 9.91. The molecule has 96 valence electrons. The van der Waals surface area contributed by atoms with Crippen molar-refractivity contribution in [2.45, 2.75) is 12.7 Å². The third-order valence-electron chi connectivity index (χ3n) is 2.49. The number of rotatable bonds is 4. The Bertz CT molecular complexity index is 444. The molecule has 0 aromatic carbocycles. The Labute approximate surface area is 106 Å². The van der Waals surface area contributed by atoms with E-state index in [0.29, 0.717) is 6.61 Å². The highest BCUT2D eigenvalue weighted by Crippen LogP contribution is 2.28. The van der Waals surface area contributed by atoms with Crippen molar-refractivity contribution in [3.05, 3.63) is 36.0 Å². The van der Waals surface area contributed by atoms with Crippen LogP contribution in [0.15, 0.2) is 36.0 Å². The maximum Gasteiger partial charge on any atom is 0.348 e. The summed E-state index contributed by atoms with van der Waals surface area (Å²) < 4.78 is 9.73. The van der Waals surface area contributed by atoms with Crippen molar-refractivity contribution in [2.75, 3.05) is 13.7 Å². The topological polar surface area (TPSA) is 79.5 Å². The van der Waals surface area contributed by atoms with Crippen LogP contribution < -0.4 is 0 Å². The molecule has 0 saturated heterocycles. The molecule has 1 aliphatic carbocycles. The van der Waals surface area contributed by atoms with E-state index >= 15 is 0 Å². The molecule has 2 atom stereocenters. The normalized spacial score (nSPS) is 26.8. The third kappa shape index (κ3) is 3.06. The number of carbonyl (C=O) groups is 1. The molecule has 0 aliphatic heterocycles. The van der Waals surface area contributed by atoms with Crippen molar-refractivity contribution >= 4 is 5.97 Å². The lowest BCUT2D eigenvalue weighted by Crippen LogP contribution is -2.38. The summed E-state index contributed by atoms with van der Waals surface area (Å²) >= 11 is 0. The van der Waals surface area contributed by atoms with Crippen molar-refractivity contribution in [3.8, 4) is 6.07 Å². The van der Waals surface area contributed by atoms with Crippen LogP contribution in [0.2, 0.25) is 0 Å². The first-order valence-corrected chi connectivity index (χ1v) is 5.50.